The summed E-state index contributed by atoms with van der Waals surface area (Å²) in [5.41, 5.74) is 6.97. The number of rotatable bonds is 4. The zero-order chi connectivity index (χ0) is 20.8. The third kappa shape index (κ3) is 3.23. The van der Waals surface area contributed by atoms with Crippen molar-refractivity contribution in [3.05, 3.63) is 62.9 Å². The molecule has 0 atom stereocenters. The van der Waals surface area contributed by atoms with Crippen molar-refractivity contribution in [2.45, 2.75) is 60.5 Å². The molecular weight excluding hydrogens is 346 g/mol. The van der Waals surface area contributed by atoms with Crippen LogP contribution in [-0.2, 0) is 7.05 Å². The molecule has 1 aromatic heterocycles. The predicted molar refractivity (Wildman–Crippen MR) is 119 cm³/mol. The van der Waals surface area contributed by atoms with E-state index in [1.54, 1.807) is 4.57 Å². The first kappa shape index (κ1) is 20.2. The zero-order valence-corrected chi connectivity index (χ0v) is 18.4. The van der Waals surface area contributed by atoms with Gasteiger partial charge in [0, 0.05) is 12.6 Å². The van der Waals surface area contributed by atoms with Gasteiger partial charge in [-0.2, -0.15) is 0 Å². The van der Waals surface area contributed by atoms with Crippen LogP contribution in [0.4, 0.5) is 0 Å². The van der Waals surface area contributed by atoms with Gasteiger partial charge in [-0.3, -0.25) is 4.79 Å². The summed E-state index contributed by atoms with van der Waals surface area (Å²) in [6.45, 7) is 14.7. The molecule has 0 saturated heterocycles. The number of benzene rings is 2. The van der Waals surface area contributed by atoms with Crippen LogP contribution in [0.1, 0.15) is 49.4 Å². The van der Waals surface area contributed by atoms with Crippen LogP contribution in [0.3, 0.4) is 0 Å². The SMILES string of the molecule is CCC(C)(C)Oc1c(C)c(C)c(-c2cc3ccccc3n(C)c2=O)c(C)c1C. The number of fused-ring (bicyclic) bond motifs is 1. The highest BCUT2D eigenvalue weighted by atomic mass is 16.5. The van der Waals surface area contributed by atoms with Crippen molar-refractivity contribution in [3.63, 3.8) is 0 Å². The van der Waals surface area contributed by atoms with Crippen LogP contribution in [0.15, 0.2) is 35.1 Å². The average Bonchev–Trinajstić information content (AvgIpc) is 2.67. The fourth-order valence-corrected chi connectivity index (χ4v) is 3.79. The Labute approximate surface area is 168 Å². The maximum atomic E-state index is 13.2. The van der Waals surface area contributed by atoms with Crippen molar-refractivity contribution in [2.75, 3.05) is 0 Å². The number of hydrogen-bond acceptors (Lipinski definition) is 2. The van der Waals surface area contributed by atoms with Gasteiger partial charge in [0.2, 0.25) is 0 Å². The van der Waals surface area contributed by atoms with Gasteiger partial charge in [0.25, 0.3) is 5.56 Å². The van der Waals surface area contributed by atoms with E-state index in [1.165, 1.54) is 0 Å². The summed E-state index contributed by atoms with van der Waals surface area (Å²) >= 11 is 0. The monoisotopic (exact) mass is 377 g/mol. The number of ether oxygens (including phenoxy) is 1. The van der Waals surface area contributed by atoms with E-state index in [-0.39, 0.29) is 11.2 Å². The molecule has 0 aliphatic rings. The van der Waals surface area contributed by atoms with Crippen LogP contribution in [0.25, 0.3) is 22.0 Å². The summed E-state index contributed by atoms with van der Waals surface area (Å²) in [4.78, 5) is 13.2. The first-order chi connectivity index (χ1) is 13.1. The standard InChI is InChI=1S/C25H31NO2/c1-9-25(6,7)28-23-17(4)15(2)22(16(3)18(23)5)20-14-19-12-10-11-13-21(19)26(8)24(20)27/h10-14H,9H2,1-8H3. The quantitative estimate of drug-likeness (QED) is 0.558. The minimum Gasteiger partial charge on any atom is -0.487 e. The second kappa shape index (κ2) is 7.12. The van der Waals surface area contributed by atoms with Crippen LogP contribution >= 0.6 is 0 Å². The Morgan fingerprint density at radius 2 is 1.54 bits per heavy atom. The van der Waals surface area contributed by atoms with Gasteiger partial charge in [-0.05, 0) is 93.3 Å². The summed E-state index contributed by atoms with van der Waals surface area (Å²) in [5.74, 6) is 0.947. The second-order valence-corrected chi connectivity index (χ2v) is 8.40. The Bertz CT molecular complexity index is 1090. The zero-order valence-electron chi connectivity index (χ0n) is 18.4. The molecule has 0 radical (unpaired) electrons. The lowest BCUT2D eigenvalue weighted by Crippen LogP contribution is -2.28. The number of hydrogen-bond donors (Lipinski definition) is 0. The summed E-state index contributed by atoms with van der Waals surface area (Å²) in [5, 5.41) is 1.07. The predicted octanol–water partition coefficient (Wildman–Crippen LogP) is 6.01. The number of pyridine rings is 1. The van der Waals surface area contributed by atoms with Gasteiger partial charge in [-0.25, -0.2) is 0 Å². The molecule has 0 N–H and O–H groups in total. The highest BCUT2D eigenvalue weighted by Gasteiger charge is 2.24. The van der Waals surface area contributed by atoms with Gasteiger partial charge in [0.05, 0.1) is 5.52 Å². The van der Waals surface area contributed by atoms with E-state index in [1.807, 2.05) is 31.3 Å². The molecule has 3 heteroatoms. The molecular formula is C25H31NO2. The highest BCUT2D eigenvalue weighted by Crippen LogP contribution is 2.39. The second-order valence-electron chi connectivity index (χ2n) is 8.40. The molecule has 3 nitrogen and oxygen atoms in total. The molecule has 0 bridgehead atoms. The number of nitrogens with zero attached hydrogens (tertiary/aromatic N) is 1. The molecule has 0 saturated carbocycles. The van der Waals surface area contributed by atoms with Gasteiger partial charge in [0.15, 0.2) is 0 Å². The summed E-state index contributed by atoms with van der Waals surface area (Å²) < 4.78 is 8.15. The molecule has 0 fully saturated rings. The Morgan fingerprint density at radius 3 is 2.11 bits per heavy atom. The van der Waals surface area contributed by atoms with Crippen molar-refractivity contribution >= 4 is 10.9 Å². The van der Waals surface area contributed by atoms with E-state index >= 15 is 0 Å². The normalized spacial score (nSPS) is 11.9. The van der Waals surface area contributed by atoms with Crippen LogP contribution < -0.4 is 10.3 Å². The van der Waals surface area contributed by atoms with Gasteiger partial charge < -0.3 is 9.30 Å². The Hall–Kier alpha value is -2.55. The fourth-order valence-electron chi connectivity index (χ4n) is 3.79. The van der Waals surface area contributed by atoms with E-state index in [0.717, 1.165) is 56.5 Å². The van der Waals surface area contributed by atoms with E-state index in [0.29, 0.717) is 0 Å². The van der Waals surface area contributed by atoms with E-state index in [9.17, 15) is 4.79 Å². The molecule has 0 unspecified atom stereocenters. The van der Waals surface area contributed by atoms with Crippen molar-refractivity contribution in [2.24, 2.45) is 7.05 Å². The van der Waals surface area contributed by atoms with Crippen molar-refractivity contribution in [1.29, 1.82) is 0 Å². The lowest BCUT2D eigenvalue weighted by Gasteiger charge is -2.29. The maximum Gasteiger partial charge on any atom is 0.258 e. The van der Waals surface area contributed by atoms with Crippen LogP contribution in [0.5, 0.6) is 5.75 Å². The molecule has 3 rings (SSSR count). The van der Waals surface area contributed by atoms with Crippen molar-refractivity contribution in [1.82, 2.24) is 4.57 Å². The lowest BCUT2D eigenvalue weighted by atomic mass is 9.88. The lowest BCUT2D eigenvalue weighted by molar-refractivity contribution is 0.103. The van der Waals surface area contributed by atoms with E-state index in [2.05, 4.69) is 54.5 Å². The Kier molecular flexibility index (Phi) is 5.14. The summed E-state index contributed by atoms with van der Waals surface area (Å²) in [6.07, 6.45) is 0.928. The summed E-state index contributed by atoms with van der Waals surface area (Å²) in [6, 6.07) is 10.1. The molecule has 1 heterocycles. The third-order valence-corrected chi connectivity index (χ3v) is 6.19. The molecule has 3 aromatic rings. The fraction of sp³-hybridized carbons (Fsp3) is 0.400. The van der Waals surface area contributed by atoms with Gasteiger partial charge in [-0.1, -0.05) is 25.1 Å². The highest BCUT2D eigenvalue weighted by molar-refractivity contribution is 5.86. The molecule has 0 amide bonds. The average molecular weight is 378 g/mol. The number of aromatic nitrogens is 1. The summed E-state index contributed by atoms with van der Waals surface area (Å²) in [7, 11) is 1.85. The Morgan fingerprint density at radius 1 is 0.964 bits per heavy atom. The van der Waals surface area contributed by atoms with Crippen LogP contribution in [0.2, 0.25) is 0 Å². The molecule has 0 aliphatic carbocycles. The minimum absolute atomic E-state index is 0.0336. The largest absolute Gasteiger partial charge is 0.487 e. The van der Waals surface area contributed by atoms with Crippen molar-refractivity contribution < 1.29 is 4.74 Å². The maximum absolute atomic E-state index is 13.2. The van der Waals surface area contributed by atoms with E-state index in [4.69, 9.17) is 4.74 Å². The number of para-hydroxylation sites is 1. The Balaban J connectivity index is 2.32. The van der Waals surface area contributed by atoms with Gasteiger partial charge in [-0.15, -0.1) is 0 Å². The van der Waals surface area contributed by atoms with Crippen molar-refractivity contribution in [3.8, 4) is 16.9 Å². The van der Waals surface area contributed by atoms with Crippen LogP contribution in [0, 0.1) is 27.7 Å². The molecule has 2 aromatic carbocycles. The number of aryl methyl sites for hydroxylation is 1. The smallest absolute Gasteiger partial charge is 0.258 e. The van der Waals surface area contributed by atoms with Crippen LogP contribution in [-0.4, -0.2) is 10.2 Å². The third-order valence-electron chi connectivity index (χ3n) is 6.19. The van der Waals surface area contributed by atoms with Gasteiger partial charge >= 0.3 is 0 Å². The van der Waals surface area contributed by atoms with E-state index < -0.39 is 0 Å². The molecule has 0 aliphatic heterocycles. The minimum atomic E-state index is -0.227. The van der Waals surface area contributed by atoms with Gasteiger partial charge in [0.1, 0.15) is 11.4 Å². The molecule has 148 valence electrons. The first-order valence-corrected chi connectivity index (χ1v) is 9.97. The molecule has 0 spiro atoms. The molecule has 28 heavy (non-hydrogen) atoms. The topological polar surface area (TPSA) is 31.2 Å². The first-order valence-electron chi connectivity index (χ1n) is 9.97.